The molecule has 1 atom stereocenters. The van der Waals surface area contributed by atoms with E-state index in [2.05, 4.69) is 25.5 Å². The second kappa shape index (κ2) is 6.98. The van der Waals surface area contributed by atoms with Gasteiger partial charge in [-0.2, -0.15) is 13.2 Å². The minimum atomic E-state index is -4.68. The van der Waals surface area contributed by atoms with Gasteiger partial charge in [0.2, 0.25) is 5.82 Å². The molecule has 0 aliphatic heterocycles. The Bertz CT molecular complexity index is 1110. The number of H-pyrrole nitrogens is 1. The zero-order valence-corrected chi connectivity index (χ0v) is 15.2. The first-order chi connectivity index (χ1) is 13.7. The lowest BCUT2D eigenvalue weighted by molar-refractivity contribution is -0.145. The molecule has 0 radical (unpaired) electrons. The molecule has 2 N–H and O–H groups in total. The monoisotopic (exact) mass is 408 g/mol. The highest BCUT2D eigenvalue weighted by Gasteiger charge is 2.37. The molecule has 0 saturated heterocycles. The van der Waals surface area contributed by atoms with Gasteiger partial charge in [-0.25, -0.2) is 9.37 Å². The number of alkyl halides is 3. The molecule has 0 aromatic carbocycles. The summed E-state index contributed by atoms with van der Waals surface area (Å²) >= 11 is 0. The van der Waals surface area contributed by atoms with E-state index in [1.165, 1.54) is 18.2 Å². The number of carbonyl (C=O) groups excluding carboxylic acids is 1. The van der Waals surface area contributed by atoms with Crippen molar-refractivity contribution in [2.45, 2.75) is 25.9 Å². The summed E-state index contributed by atoms with van der Waals surface area (Å²) in [6.45, 7) is 1.97. The lowest BCUT2D eigenvalue weighted by atomic mass is 9.97. The Labute approximate surface area is 161 Å². The second-order valence-electron chi connectivity index (χ2n) is 6.82. The molecule has 152 valence electrons. The molecule has 0 fully saturated rings. The van der Waals surface area contributed by atoms with Crippen molar-refractivity contribution in [2.24, 2.45) is 5.92 Å². The smallest absolute Gasteiger partial charge is 0.351 e. The standard InChI is InChI=1S/C18H16F4N6O/c1-9-7-12-13(8-11(9)19)25-14(24-12)4-5-23-16(29)10-3-2-6-28-15(10)26-27-17(28)18(20,21)22/h2-3,6,8-9H,4-5,7H2,1H3,(H,23,29)(H,24,25). The van der Waals surface area contributed by atoms with E-state index in [0.717, 1.165) is 16.3 Å². The third-order valence-corrected chi connectivity index (χ3v) is 4.70. The van der Waals surface area contributed by atoms with Crippen molar-refractivity contribution in [1.82, 2.24) is 29.9 Å². The van der Waals surface area contributed by atoms with E-state index in [-0.39, 0.29) is 29.5 Å². The number of aromatic amines is 1. The predicted octanol–water partition coefficient (Wildman–Crippen LogP) is 2.95. The van der Waals surface area contributed by atoms with Gasteiger partial charge in [0.1, 0.15) is 11.7 Å². The number of rotatable bonds is 4. The van der Waals surface area contributed by atoms with Crippen LogP contribution in [0.15, 0.2) is 24.2 Å². The Morgan fingerprint density at radius 1 is 1.38 bits per heavy atom. The Hall–Kier alpha value is -3.24. The summed E-state index contributed by atoms with van der Waals surface area (Å²) < 4.78 is 53.3. The molecule has 11 heteroatoms. The molecule has 0 bridgehead atoms. The molecular formula is C18H16F4N6O. The van der Waals surface area contributed by atoms with Crippen molar-refractivity contribution in [3.8, 4) is 0 Å². The molecule has 1 aliphatic carbocycles. The third kappa shape index (κ3) is 3.59. The maximum absolute atomic E-state index is 13.7. The first kappa shape index (κ1) is 19.1. The molecule has 1 amide bonds. The summed E-state index contributed by atoms with van der Waals surface area (Å²) in [5.41, 5.74) is 1.19. The van der Waals surface area contributed by atoms with Crippen LogP contribution in [0.4, 0.5) is 17.6 Å². The summed E-state index contributed by atoms with van der Waals surface area (Å²) in [4.78, 5) is 19.9. The van der Waals surface area contributed by atoms with Crippen LogP contribution >= 0.6 is 0 Å². The number of amides is 1. The zero-order valence-electron chi connectivity index (χ0n) is 15.2. The zero-order chi connectivity index (χ0) is 20.8. The van der Waals surface area contributed by atoms with Gasteiger partial charge in [-0.05, 0) is 24.6 Å². The topological polar surface area (TPSA) is 88.0 Å². The van der Waals surface area contributed by atoms with Crippen LogP contribution < -0.4 is 5.32 Å². The van der Waals surface area contributed by atoms with Crippen LogP contribution in [0.1, 0.15) is 40.3 Å². The summed E-state index contributed by atoms with van der Waals surface area (Å²) in [6, 6.07) is 2.70. The lowest BCUT2D eigenvalue weighted by Gasteiger charge is -2.12. The highest BCUT2D eigenvalue weighted by Crippen LogP contribution is 2.29. The minimum Gasteiger partial charge on any atom is -0.351 e. The fraction of sp³-hybridized carbons (Fsp3) is 0.333. The van der Waals surface area contributed by atoms with Crippen molar-refractivity contribution in [1.29, 1.82) is 0 Å². The molecule has 0 saturated carbocycles. The fourth-order valence-electron chi connectivity index (χ4n) is 3.23. The van der Waals surface area contributed by atoms with E-state index in [1.54, 1.807) is 6.92 Å². The third-order valence-electron chi connectivity index (χ3n) is 4.70. The van der Waals surface area contributed by atoms with Crippen molar-refractivity contribution < 1.29 is 22.4 Å². The Kier molecular flexibility index (Phi) is 4.59. The second-order valence-corrected chi connectivity index (χ2v) is 6.82. The number of nitrogens with zero attached hydrogens (tertiary/aromatic N) is 4. The molecule has 3 aromatic heterocycles. The van der Waals surface area contributed by atoms with E-state index in [9.17, 15) is 22.4 Å². The maximum atomic E-state index is 13.7. The SMILES string of the molecule is CC1Cc2[nH]c(CCNC(=O)c3cccn4c(C(F)(F)F)nnc34)nc2C=C1F. The Morgan fingerprint density at radius 2 is 2.17 bits per heavy atom. The molecule has 1 unspecified atom stereocenters. The van der Waals surface area contributed by atoms with Crippen molar-refractivity contribution in [2.75, 3.05) is 6.54 Å². The molecule has 3 aromatic rings. The highest BCUT2D eigenvalue weighted by molar-refractivity contribution is 5.99. The van der Waals surface area contributed by atoms with Crippen LogP contribution in [-0.2, 0) is 19.0 Å². The van der Waals surface area contributed by atoms with Crippen LogP contribution in [0.2, 0.25) is 0 Å². The summed E-state index contributed by atoms with van der Waals surface area (Å²) in [6.07, 6.45) is -1.26. The number of hydrogen-bond donors (Lipinski definition) is 2. The Balaban J connectivity index is 1.45. The summed E-state index contributed by atoms with van der Waals surface area (Å²) in [5.74, 6) is -1.61. The number of pyridine rings is 1. The average molecular weight is 408 g/mol. The van der Waals surface area contributed by atoms with Crippen molar-refractivity contribution in [3.05, 3.63) is 52.8 Å². The maximum Gasteiger partial charge on any atom is 0.452 e. The number of halogens is 4. The highest BCUT2D eigenvalue weighted by atomic mass is 19.4. The molecule has 4 rings (SSSR count). The first-order valence-corrected chi connectivity index (χ1v) is 8.88. The number of nitrogens with one attached hydrogen (secondary N) is 2. The average Bonchev–Trinajstić information content (AvgIpc) is 3.25. The van der Waals surface area contributed by atoms with E-state index in [4.69, 9.17) is 0 Å². The summed E-state index contributed by atoms with van der Waals surface area (Å²) in [5, 5.41) is 9.28. The predicted molar refractivity (Wildman–Crippen MR) is 94.6 cm³/mol. The van der Waals surface area contributed by atoms with Gasteiger partial charge < -0.3 is 10.3 Å². The number of imidazole rings is 1. The quantitative estimate of drug-likeness (QED) is 0.650. The minimum absolute atomic E-state index is 0.0203. The van der Waals surface area contributed by atoms with Crippen molar-refractivity contribution in [3.63, 3.8) is 0 Å². The van der Waals surface area contributed by atoms with Gasteiger partial charge >= 0.3 is 6.18 Å². The van der Waals surface area contributed by atoms with Gasteiger partial charge in [0.25, 0.3) is 5.91 Å². The normalized spacial score (nSPS) is 16.6. The largest absolute Gasteiger partial charge is 0.452 e. The summed E-state index contributed by atoms with van der Waals surface area (Å²) in [7, 11) is 0. The van der Waals surface area contributed by atoms with Crippen LogP contribution in [0, 0.1) is 5.92 Å². The van der Waals surface area contributed by atoms with Gasteiger partial charge in [-0.15, -0.1) is 10.2 Å². The van der Waals surface area contributed by atoms with Gasteiger partial charge in [-0.1, -0.05) is 6.92 Å². The van der Waals surface area contributed by atoms with E-state index >= 15 is 0 Å². The number of carbonyl (C=O) groups is 1. The number of aromatic nitrogens is 5. The molecule has 7 nitrogen and oxygen atoms in total. The van der Waals surface area contributed by atoms with Gasteiger partial charge in [0.05, 0.1) is 11.3 Å². The molecular weight excluding hydrogens is 392 g/mol. The Morgan fingerprint density at radius 3 is 2.93 bits per heavy atom. The van der Waals surface area contributed by atoms with Crippen LogP contribution in [0.3, 0.4) is 0 Å². The van der Waals surface area contributed by atoms with Crippen LogP contribution in [-0.4, -0.2) is 37.0 Å². The fourth-order valence-corrected chi connectivity index (χ4v) is 3.23. The van der Waals surface area contributed by atoms with E-state index in [1.807, 2.05) is 0 Å². The van der Waals surface area contributed by atoms with Crippen LogP contribution in [0.25, 0.3) is 11.7 Å². The number of fused-ring (bicyclic) bond motifs is 2. The van der Waals surface area contributed by atoms with E-state index < -0.39 is 17.9 Å². The first-order valence-electron chi connectivity index (χ1n) is 8.88. The number of hydrogen-bond acceptors (Lipinski definition) is 4. The molecule has 0 spiro atoms. The molecule has 1 aliphatic rings. The molecule has 29 heavy (non-hydrogen) atoms. The van der Waals surface area contributed by atoms with Crippen molar-refractivity contribution >= 4 is 17.6 Å². The number of allylic oxidation sites excluding steroid dienone is 1. The molecule has 3 heterocycles. The van der Waals surface area contributed by atoms with Crippen LogP contribution in [0.5, 0.6) is 0 Å². The van der Waals surface area contributed by atoms with Gasteiger partial charge in [0, 0.05) is 30.8 Å². The lowest BCUT2D eigenvalue weighted by Crippen LogP contribution is -2.26. The van der Waals surface area contributed by atoms with E-state index in [0.29, 0.717) is 24.4 Å². The van der Waals surface area contributed by atoms with Gasteiger partial charge in [-0.3, -0.25) is 9.20 Å². The van der Waals surface area contributed by atoms with Gasteiger partial charge in [0.15, 0.2) is 5.65 Å².